The van der Waals surface area contributed by atoms with Crippen LogP contribution in [0.3, 0.4) is 0 Å². The highest BCUT2D eigenvalue weighted by atomic mass is 35.5. The lowest BCUT2D eigenvalue weighted by Gasteiger charge is -2.13. The maximum atomic E-state index is 6.07. The molecule has 2 N–H and O–H groups in total. The quantitative estimate of drug-likeness (QED) is 0.640. The zero-order chi connectivity index (χ0) is 12.3. The normalized spacial score (nSPS) is 19.5. The van der Waals surface area contributed by atoms with E-state index >= 15 is 0 Å². The molecular formula is C14H19ClN2. The van der Waals surface area contributed by atoms with Crippen molar-refractivity contribution < 1.29 is 0 Å². The fourth-order valence-corrected chi connectivity index (χ4v) is 2.59. The van der Waals surface area contributed by atoms with Gasteiger partial charge < -0.3 is 5.73 Å². The predicted octanol–water partition coefficient (Wildman–Crippen LogP) is 3.95. The van der Waals surface area contributed by atoms with Gasteiger partial charge in [0.1, 0.15) is 0 Å². The second-order valence-electron chi connectivity index (χ2n) is 4.77. The van der Waals surface area contributed by atoms with Gasteiger partial charge in [0, 0.05) is 10.9 Å². The minimum Gasteiger partial charge on any atom is -0.387 e. The van der Waals surface area contributed by atoms with Gasteiger partial charge in [-0.1, -0.05) is 36.6 Å². The number of nitrogens with two attached hydrogens (primary N) is 1. The second-order valence-corrected chi connectivity index (χ2v) is 5.20. The van der Waals surface area contributed by atoms with Crippen molar-refractivity contribution in [3.05, 3.63) is 34.9 Å². The van der Waals surface area contributed by atoms with E-state index in [4.69, 9.17) is 17.3 Å². The molecule has 3 heteroatoms. The van der Waals surface area contributed by atoms with Gasteiger partial charge in [-0.25, -0.2) is 0 Å². The Morgan fingerprint density at radius 2 is 2.12 bits per heavy atom. The molecule has 1 aromatic carbocycles. The van der Waals surface area contributed by atoms with Gasteiger partial charge in [0.2, 0.25) is 0 Å². The van der Waals surface area contributed by atoms with Crippen molar-refractivity contribution in [2.75, 3.05) is 0 Å². The number of aliphatic imine (C=N–C) groups is 1. The van der Waals surface area contributed by atoms with Crippen molar-refractivity contribution in [2.45, 2.75) is 38.6 Å². The van der Waals surface area contributed by atoms with Gasteiger partial charge in [-0.2, -0.15) is 0 Å². The van der Waals surface area contributed by atoms with E-state index in [2.05, 4.69) is 11.9 Å². The zero-order valence-electron chi connectivity index (χ0n) is 10.2. The predicted molar refractivity (Wildman–Crippen MR) is 73.4 cm³/mol. The Morgan fingerprint density at radius 3 is 2.76 bits per heavy atom. The number of hydrogen-bond donors (Lipinski definition) is 1. The maximum Gasteiger partial charge on any atom is 0.0975 e. The second kappa shape index (κ2) is 5.54. The SMILES string of the molecule is CC(N=C(N)C1CCCC1)c1cccc(Cl)c1. The van der Waals surface area contributed by atoms with Crippen molar-refractivity contribution in [1.82, 2.24) is 0 Å². The number of rotatable bonds is 3. The minimum atomic E-state index is 0.0919. The molecule has 1 saturated carbocycles. The third-order valence-corrected chi connectivity index (χ3v) is 3.68. The standard InChI is InChI=1S/C14H19ClN2/c1-10(12-7-4-8-13(15)9-12)17-14(16)11-5-2-3-6-11/h4,7-11H,2-3,5-6H2,1H3,(H2,16,17). The van der Waals surface area contributed by atoms with Crippen molar-refractivity contribution in [3.63, 3.8) is 0 Å². The summed E-state index contributed by atoms with van der Waals surface area (Å²) >= 11 is 5.97. The van der Waals surface area contributed by atoms with E-state index in [0.29, 0.717) is 5.92 Å². The largest absolute Gasteiger partial charge is 0.387 e. The van der Waals surface area contributed by atoms with E-state index in [1.807, 2.05) is 24.3 Å². The third-order valence-electron chi connectivity index (χ3n) is 3.45. The van der Waals surface area contributed by atoms with Crippen LogP contribution in [0.15, 0.2) is 29.3 Å². The van der Waals surface area contributed by atoms with Gasteiger partial charge in [-0.05, 0) is 37.5 Å². The van der Waals surface area contributed by atoms with Crippen LogP contribution < -0.4 is 5.73 Å². The number of nitrogens with zero attached hydrogens (tertiary/aromatic N) is 1. The first-order chi connectivity index (χ1) is 8.16. The van der Waals surface area contributed by atoms with E-state index in [9.17, 15) is 0 Å². The lowest BCUT2D eigenvalue weighted by Crippen LogP contribution is -2.22. The molecular weight excluding hydrogens is 232 g/mol. The molecule has 0 bridgehead atoms. The first-order valence-corrected chi connectivity index (χ1v) is 6.63. The van der Waals surface area contributed by atoms with E-state index < -0.39 is 0 Å². The fraction of sp³-hybridized carbons (Fsp3) is 0.500. The Kier molecular flexibility index (Phi) is 4.06. The Balaban J connectivity index is 2.09. The molecule has 1 unspecified atom stereocenters. The highest BCUT2D eigenvalue weighted by Gasteiger charge is 2.19. The fourth-order valence-electron chi connectivity index (χ4n) is 2.39. The average Bonchev–Trinajstić information content (AvgIpc) is 2.82. The molecule has 1 aromatic rings. The summed E-state index contributed by atoms with van der Waals surface area (Å²) in [5.41, 5.74) is 7.20. The van der Waals surface area contributed by atoms with E-state index in [-0.39, 0.29) is 6.04 Å². The van der Waals surface area contributed by atoms with Crippen LogP contribution in [-0.4, -0.2) is 5.84 Å². The molecule has 1 aliphatic carbocycles. The van der Waals surface area contributed by atoms with Crippen LogP contribution in [0.1, 0.15) is 44.2 Å². The Hall–Kier alpha value is -1.02. The van der Waals surface area contributed by atoms with Crippen LogP contribution in [0.2, 0.25) is 5.02 Å². The summed E-state index contributed by atoms with van der Waals surface area (Å²) in [4.78, 5) is 4.61. The summed E-state index contributed by atoms with van der Waals surface area (Å²) in [5.74, 6) is 1.31. The molecule has 0 amide bonds. The van der Waals surface area contributed by atoms with Gasteiger partial charge in [-0.3, -0.25) is 4.99 Å². The van der Waals surface area contributed by atoms with Crippen LogP contribution in [0.4, 0.5) is 0 Å². The first kappa shape index (κ1) is 12.4. The summed E-state index contributed by atoms with van der Waals surface area (Å²) in [5, 5.41) is 0.754. The molecule has 17 heavy (non-hydrogen) atoms. The Labute approximate surface area is 108 Å². The molecule has 2 rings (SSSR count). The highest BCUT2D eigenvalue weighted by molar-refractivity contribution is 6.30. The van der Waals surface area contributed by atoms with Crippen molar-refractivity contribution in [2.24, 2.45) is 16.6 Å². The van der Waals surface area contributed by atoms with Gasteiger partial charge in [0.25, 0.3) is 0 Å². The first-order valence-electron chi connectivity index (χ1n) is 6.25. The van der Waals surface area contributed by atoms with Crippen LogP contribution in [0, 0.1) is 5.92 Å². The van der Waals surface area contributed by atoms with Gasteiger partial charge in [-0.15, -0.1) is 0 Å². The Bertz CT molecular complexity index is 408. The summed E-state index contributed by atoms with van der Waals surface area (Å²) in [6.07, 6.45) is 4.95. The lowest BCUT2D eigenvalue weighted by atomic mass is 10.1. The minimum absolute atomic E-state index is 0.0919. The molecule has 1 aliphatic rings. The topological polar surface area (TPSA) is 38.4 Å². The summed E-state index contributed by atoms with van der Waals surface area (Å²) < 4.78 is 0. The van der Waals surface area contributed by atoms with Crippen molar-refractivity contribution in [1.29, 1.82) is 0 Å². The Morgan fingerprint density at radius 1 is 1.41 bits per heavy atom. The van der Waals surface area contributed by atoms with E-state index in [1.54, 1.807) is 0 Å². The molecule has 0 spiro atoms. The van der Waals surface area contributed by atoms with E-state index in [1.165, 1.54) is 25.7 Å². The molecule has 1 atom stereocenters. The smallest absolute Gasteiger partial charge is 0.0975 e. The van der Waals surface area contributed by atoms with E-state index in [0.717, 1.165) is 16.4 Å². The third kappa shape index (κ3) is 3.22. The average molecular weight is 251 g/mol. The van der Waals surface area contributed by atoms with Gasteiger partial charge >= 0.3 is 0 Å². The summed E-state index contributed by atoms with van der Waals surface area (Å²) in [7, 11) is 0. The summed E-state index contributed by atoms with van der Waals surface area (Å²) in [6, 6.07) is 7.92. The van der Waals surface area contributed by atoms with Crippen molar-refractivity contribution >= 4 is 17.4 Å². The highest BCUT2D eigenvalue weighted by Crippen LogP contribution is 2.27. The van der Waals surface area contributed by atoms with Crippen LogP contribution in [0.5, 0.6) is 0 Å². The molecule has 0 aliphatic heterocycles. The van der Waals surface area contributed by atoms with Gasteiger partial charge in [0.15, 0.2) is 0 Å². The zero-order valence-corrected chi connectivity index (χ0v) is 11.0. The number of halogens is 1. The molecule has 92 valence electrons. The number of benzene rings is 1. The van der Waals surface area contributed by atoms with Crippen LogP contribution in [-0.2, 0) is 0 Å². The number of hydrogen-bond acceptors (Lipinski definition) is 1. The number of amidine groups is 1. The summed E-state index contributed by atoms with van der Waals surface area (Å²) in [6.45, 7) is 2.06. The monoisotopic (exact) mass is 250 g/mol. The molecule has 0 saturated heterocycles. The molecule has 2 nitrogen and oxygen atoms in total. The van der Waals surface area contributed by atoms with Gasteiger partial charge in [0.05, 0.1) is 11.9 Å². The maximum absolute atomic E-state index is 6.07. The lowest BCUT2D eigenvalue weighted by molar-refractivity contribution is 0.700. The molecule has 1 fully saturated rings. The molecule has 0 aromatic heterocycles. The van der Waals surface area contributed by atoms with Crippen LogP contribution >= 0.6 is 11.6 Å². The molecule has 0 heterocycles. The molecule has 0 radical (unpaired) electrons. The van der Waals surface area contributed by atoms with Crippen molar-refractivity contribution in [3.8, 4) is 0 Å². The van der Waals surface area contributed by atoms with Crippen LogP contribution in [0.25, 0.3) is 0 Å².